The Bertz CT molecular complexity index is 1600. The predicted octanol–water partition coefficient (Wildman–Crippen LogP) is 5.97. The molecule has 0 saturated heterocycles. The number of carbonyl (C=O) groups is 1. The summed E-state index contributed by atoms with van der Waals surface area (Å²) in [6.07, 6.45) is 1.25. The number of carbonyl (C=O) groups excluding carboxylic acids is 1. The summed E-state index contributed by atoms with van der Waals surface area (Å²) in [7, 11) is 2.99. The van der Waals surface area contributed by atoms with Crippen molar-refractivity contribution in [2.45, 2.75) is 0 Å². The summed E-state index contributed by atoms with van der Waals surface area (Å²) in [6.45, 7) is 0. The van der Waals surface area contributed by atoms with Crippen molar-refractivity contribution in [1.82, 2.24) is 0 Å². The minimum Gasteiger partial charge on any atom is -0.497 e. The van der Waals surface area contributed by atoms with Crippen molar-refractivity contribution in [2.75, 3.05) is 14.2 Å². The first-order valence-corrected chi connectivity index (χ1v) is 10.7. The minimum atomic E-state index is -0.611. The number of hydrogen-bond acceptors (Lipinski definition) is 7. The highest BCUT2D eigenvalue weighted by molar-refractivity contribution is 5.92. The number of methoxy groups -OCH3 is 2. The lowest BCUT2D eigenvalue weighted by molar-refractivity contribution is 0.0734. The maximum absolute atomic E-state index is 13.0. The Hall–Kier alpha value is -4.78. The zero-order valence-electron chi connectivity index (χ0n) is 18.9. The molecule has 4 aromatic carbocycles. The fraction of sp³-hybridized carbons (Fsp3) is 0.0714. The minimum absolute atomic E-state index is 0.0565. The Morgan fingerprint density at radius 3 is 2.20 bits per heavy atom. The lowest BCUT2D eigenvalue weighted by Crippen LogP contribution is -2.09. The standard InChI is InChI=1S/C28H20O7/c1-31-22-12-19(13-23(14-22)32-2)28(30)35-21-9-10-24-25(15-21)33-16-26(27(24)29)34-20-8-7-17-5-3-4-6-18(17)11-20/h3-16H,1-2H3. The first-order chi connectivity index (χ1) is 17.0. The molecule has 0 bridgehead atoms. The van der Waals surface area contributed by atoms with Gasteiger partial charge in [0.05, 0.1) is 25.2 Å². The normalized spacial score (nSPS) is 10.8. The van der Waals surface area contributed by atoms with Gasteiger partial charge in [-0.3, -0.25) is 4.79 Å². The number of esters is 1. The van der Waals surface area contributed by atoms with E-state index in [0.29, 0.717) is 22.6 Å². The predicted molar refractivity (Wildman–Crippen MR) is 131 cm³/mol. The topological polar surface area (TPSA) is 84.2 Å². The van der Waals surface area contributed by atoms with Crippen molar-refractivity contribution in [3.8, 4) is 28.7 Å². The van der Waals surface area contributed by atoms with Crippen molar-refractivity contribution < 1.29 is 28.2 Å². The average molecular weight is 468 g/mol. The lowest BCUT2D eigenvalue weighted by atomic mass is 10.1. The van der Waals surface area contributed by atoms with Crippen LogP contribution in [-0.4, -0.2) is 20.2 Å². The molecule has 0 radical (unpaired) electrons. The molecular weight excluding hydrogens is 448 g/mol. The van der Waals surface area contributed by atoms with E-state index in [0.717, 1.165) is 10.8 Å². The molecule has 0 saturated carbocycles. The molecule has 1 aromatic heterocycles. The second-order valence-corrected chi connectivity index (χ2v) is 7.69. The number of ether oxygens (including phenoxy) is 4. The molecule has 0 aliphatic heterocycles. The Kier molecular flexibility index (Phi) is 5.81. The van der Waals surface area contributed by atoms with Crippen LogP contribution < -0.4 is 24.4 Å². The third kappa shape index (κ3) is 4.52. The van der Waals surface area contributed by atoms with Crippen molar-refractivity contribution >= 4 is 27.7 Å². The van der Waals surface area contributed by atoms with Crippen molar-refractivity contribution in [1.29, 1.82) is 0 Å². The average Bonchev–Trinajstić information content (AvgIpc) is 2.89. The van der Waals surface area contributed by atoms with Crippen LogP contribution in [0.15, 0.2) is 94.3 Å². The summed E-state index contributed by atoms with van der Waals surface area (Å²) >= 11 is 0. The Balaban J connectivity index is 1.39. The third-order valence-electron chi connectivity index (χ3n) is 5.46. The highest BCUT2D eigenvalue weighted by Crippen LogP contribution is 2.28. The van der Waals surface area contributed by atoms with Gasteiger partial charge in [0.15, 0.2) is 0 Å². The molecule has 0 N–H and O–H groups in total. The largest absolute Gasteiger partial charge is 0.497 e. The van der Waals surface area contributed by atoms with Crippen LogP contribution >= 0.6 is 0 Å². The molecular formula is C28H20O7. The first-order valence-electron chi connectivity index (χ1n) is 10.7. The molecule has 0 aliphatic carbocycles. The summed E-state index contributed by atoms with van der Waals surface area (Å²) in [6, 6.07) is 22.7. The summed E-state index contributed by atoms with van der Waals surface area (Å²) in [5, 5.41) is 2.36. The van der Waals surface area contributed by atoms with Gasteiger partial charge in [-0.05, 0) is 47.2 Å². The van der Waals surface area contributed by atoms with E-state index in [1.54, 1.807) is 24.3 Å². The van der Waals surface area contributed by atoms with Gasteiger partial charge in [-0.15, -0.1) is 0 Å². The Morgan fingerprint density at radius 2 is 1.46 bits per heavy atom. The number of fused-ring (bicyclic) bond motifs is 2. The fourth-order valence-corrected chi connectivity index (χ4v) is 3.67. The van der Waals surface area contributed by atoms with E-state index in [4.69, 9.17) is 23.4 Å². The van der Waals surface area contributed by atoms with E-state index >= 15 is 0 Å². The third-order valence-corrected chi connectivity index (χ3v) is 5.46. The van der Waals surface area contributed by atoms with E-state index in [2.05, 4.69) is 0 Å². The smallest absolute Gasteiger partial charge is 0.343 e. The molecule has 5 aromatic rings. The van der Waals surface area contributed by atoms with Crippen LogP contribution in [0, 0.1) is 0 Å². The number of benzene rings is 4. The molecule has 0 aliphatic rings. The lowest BCUT2D eigenvalue weighted by Gasteiger charge is -2.09. The maximum atomic E-state index is 13.0. The van der Waals surface area contributed by atoms with Crippen LogP contribution in [0.1, 0.15) is 10.4 Å². The molecule has 0 unspecified atom stereocenters. The second-order valence-electron chi connectivity index (χ2n) is 7.69. The van der Waals surface area contributed by atoms with Crippen molar-refractivity contribution in [2.24, 2.45) is 0 Å². The van der Waals surface area contributed by atoms with E-state index in [1.807, 2.05) is 36.4 Å². The van der Waals surface area contributed by atoms with E-state index < -0.39 is 5.97 Å². The highest BCUT2D eigenvalue weighted by Gasteiger charge is 2.15. The van der Waals surface area contributed by atoms with Crippen LogP contribution in [0.5, 0.6) is 28.7 Å². The van der Waals surface area contributed by atoms with Gasteiger partial charge < -0.3 is 23.4 Å². The Morgan fingerprint density at radius 1 is 0.743 bits per heavy atom. The second kappa shape index (κ2) is 9.23. The van der Waals surface area contributed by atoms with E-state index in [1.165, 1.54) is 38.7 Å². The van der Waals surface area contributed by atoms with Gasteiger partial charge in [-0.25, -0.2) is 4.79 Å². The van der Waals surface area contributed by atoms with Crippen molar-refractivity contribution in [3.05, 3.63) is 101 Å². The summed E-state index contributed by atoms with van der Waals surface area (Å²) in [5.41, 5.74) is 0.172. The summed E-state index contributed by atoms with van der Waals surface area (Å²) in [4.78, 5) is 25.6. The van der Waals surface area contributed by atoms with Crippen LogP contribution in [0.2, 0.25) is 0 Å². The Labute approximate surface area is 200 Å². The molecule has 174 valence electrons. The highest BCUT2D eigenvalue weighted by atomic mass is 16.5. The number of rotatable bonds is 6. The van der Waals surface area contributed by atoms with Gasteiger partial charge >= 0.3 is 5.97 Å². The van der Waals surface area contributed by atoms with Gasteiger partial charge in [0.1, 0.15) is 34.8 Å². The van der Waals surface area contributed by atoms with Gasteiger partial charge in [0.2, 0.25) is 11.2 Å². The van der Waals surface area contributed by atoms with Crippen LogP contribution in [0.25, 0.3) is 21.7 Å². The van der Waals surface area contributed by atoms with Gasteiger partial charge in [0, 0.05) is 12.1 Å². The molecule has 0 atom stereocenters. The van der Waals surface area contributed by atoms with Gasteiger partial charge in [-0.1, -0.05) is 30.3 Å². The molecule has 5 rings (SSSR count). The quantitative estimate of drug-likeness (QED) is 0.224. The van der Waals surface area contributed by atoms with Gasteiger partial charge in [0.25, 0.3) is 0 Å². The first kappa shape index (κ1) is 22.0. The molecule has 1 heterocycles. The van der Waals surface area contributed by atoms with Crippen LogP contribution in [0.3, 0.4) is 0 Å². The fourth-order valence-electron chi connectivity index (χ4n) is 3.67. The molecule has 7 nitrogen and oxygen atoms in total. The zero-order valence-corrected chi connectivity index (χ0v) is 18.9. The molecule has 0 amide bonds. The van der Waals surface area contributed by atoms with E-state index in [-0.39, 0.29) is 28.1 Å². The van der Waals surface area contributed by atoms with Crippen LogP contribution in [-0.2, 0) is 0 Å². The van der Waals surface area contributed by atoms with Crippen molar-refractivity contribution in [3.63, 3.8) is 0 Å². The van der Waals surface area contributed by atoms with E-state index in [9.17, 15) is 9.59 Å². The number of hydrogen-bond donors (Lipinski definition) is 0. The maximum Gasteiger partial charge on any atom is 0.343 e. The molecule has 0 spiro atoms. The SMILES string of the molecule is COc1cc(OC)cc(C(=O)Oc2ccc3c(=O)c(Oc4ccc5ccccc5c4)coc3c2)c1. The van der Waals surface area contributed by atoms with Crippen LogP contribution in [0.4, 0.5) is 0 Å². The monoisotopic (exact) mass is 468 g/mol. The molecule has 35 heavy (non-hydrogen) atoms. The zero-order chi connectivity index (χ0) is 24.4. The summed E-state index contributed by atoms with van der Waals surface area (Å²) < 4.78 is 27.3. The van der Waals surface area contributed by atoms with Gasteiger partial charge in [-0.2, -0.15) is 0 Å². The summed E-state index contributed by atoms with van der Waals surface area (Å²) in [5.74, 6) is 1.10. The molecule has 7 heteroatoms. The molecule has 0 fully saturated rings.